The maximum Gasteiger partial charge on any atom is 0.237 e. The number of thioether (sulfide) groups is 1. The summed E-state index contributed by atoms with van der Waals surface area (Å²) >= 11 is 1.46. The Labute approximate surface area is 180 Å². The average Bonchev–Trinajstić information content (AvgIpc) is 2.97. The molecule has 2 heterocycles. The number of para-hydroxylation sites is 4. The van der Waals surface area contributed by atoms with Crippen LogP contribution >= 0.6 is 11.8 Å². The van der Waals surface area contributed by atoms with Crippen LogP contribution in [0.15, 0.2) is 53.7 Å². The van der Waals surface area contributed by atoms with E-state index in [1.807, 2.05) is 49.4 Å². The molecule has 2 amide bonds. The van der Waals surface area contributed by atoms with Gasteiger partial charge in [-0.1, -0.05) is 49.9 Å². The Kier molecular flexibility index (Phi) is 5.81. The normalized spacial score (nSPS) is 16.5. The van der Waals surface area contributed by atoms with Gasteiger partial charge in [0.15, 0.2) is 5.16 Å². The summed E-state index contributed by atoms with van der Waals surface area (Å²) in [7, 11) is 0. The molecule has 1 aromatic heterocycles. The van der Waals surface area contributed by atoms with Crippen LogP contribution in [0.5, 0.6) is 0 Å². The number of nitrogens with one attached hydrogen (secondary N) is 1. The SMILES string of the molecule is CC(C)Cn1c(SCC(=O)N2c3ccccc3NC(=O)C[C@H]2C)nc2ccccc21. The molecule has 1 aliphatic heterocycles. The number of rotatable bonds is 5. The molecule has 3 aromatic rings. The Morgan fingerprint density at radius 1 is 1.20 bits per heavy atom. The summed E-state index contributed by atoms with van der Waals surface area (Å²) in [5.41, 5.74) is 3.45. The number of fused-ring (bicyclic) bond motifs is 2. The van der Waals surface area contributed by atoms with Crippen molar-refractivity contribution in [2.45, 2.75) is 44.9 Å². The molecule has 1 atom stereocenters. The summed E-state index contributed by atoms with van der Waals surface area (Å²) in [5.74, 6) is 0.623. The maximum atomic E-state index is 13.3. The van der Waals surface area contributed by atoms with Gasteiger partial charge in [0, 0.05) is 19.0 Å². The zero-order chi connectivity index (χ0) is 21.3. The van der Waals surface area contributed by atoms with Crippen LogP contribution in [-0.4, -0.2) is 33.2 Å². The minimum absolute atomic E-state index is 0.0281. The highest BCUT2D eigenvalue weighted by molar-refractivity contribution is 7.99. The van der Waals surface area contributed by atoms with Crippen LogP contribution in [0.25, 0.3) is 11.0 Å². The molecule has 156 valence electrons. The molecule has 0 unspecified atom stereocenters. The van der Waals surface area contributed by atoms with Gasteiger partial charge in [0.2, 0.25) is 11.8 Å². The van der Waals surface area contributed by atoms with Gasteiger partial charge in [-0.2, -0.15) is 0 Å². The van der Waals surface area contributed by atoms with Crippen molar-refractivity contribution in [2.24, 2.45) is 5.92 Å². The second-order valence-electron chi connectivity index (χ2n) is 8.06. The van der Waals surface area contributed by atoms with Gasteiger partial charge < -0.3 is 14.8 Å². The van der Waals surface area contributed by atoms with Crippen LogP contribution in [0.2, 0.25) is 0 Å². The molecule has 2 aromatic carbocycles. The van der Waals surface area contributed by atoms with Gasteiger partial charge in [-0.3, -0.25) is 9.59 Å². The monoisotopic (exact) mass is 422 g/mol. The summed E-state index contributed by atoms with van der Waals surface area (Å²) in [4.78, 5) is 32.0. The lowest BCUT2D eigenvalue weighted by molar-refractivity contribution is -0.117. The largest absolute Gasteiger partial charge is 0.324 e. The van der Waals surface area contributed by atoms with Crippen LogP contribution in [0.4, 0.5) is 11.4 Å². The van der Waals surface area contributed by atoms with E-state index in [2.05, 4.69) is 29.8 Å². The molecule has 4 rings (SSSR count). The van der Waals surface area contributed by atoms with E-state index in [-0.39, 0.29) is 30.0 Å². The van der Waals surface area contributed by atoms with Crippen LogP contribution in [0.3, 0.4) is 0 Å². The third kappa shape index (κ3) is 4.07. The number of hydrogen-bond acceptors (Lipinski definition) is 4. The summed E-state index contributed by atoms with van der Waals surface area (Å²) in [6.45, 7) is 7.11. The minimum atomic E-state index is -0.212. The summed E-state index contributed by atoms with van der Waals surface area (Å²) in [5, 5.41) is 3.75. The van der Waals surface area contributed by atoms with Crippen molar-refractivity contribution in [1.82, 2.24) is 9.55 Å². The van der Waals surface area contributed by atoms with E-state index in [0.29, 0.717) is 11.6 Å². The van der Waals surface area contributed by atoms with Crippen LogP contribution in [0.1, 0.15) is 27.2 Å². The van der Waals surface area contributed by atoms with Gasteiger partial charge in [0.05, 0.1) is 28.2 Å². The van der Waals surface area contributed by atoms with E-state index in [0.717, 1.165) is 28.4 Å². The number of benzene rings is 2. The molecule has 0 bridgehead atoms. The van der Waals surface area contributed by atoms with Crippen molar-refractivity contribution >= 4 is 46.0 Å². The lowest BCUT2D eigenvalue weighted by Gasteiger charge is -2.27. The van der Waals surface area contributed by atoms with Crippen molar-refractivity contribution in [2.75, 3.05) is 16.0 Å². The summed E-state index contributed by atoms with van der Waals surface area (Å²) < 4.78 is 2.20. The van der Waals surface area contributed by atoms with E-state index < -0.39 is 0 Å². The standard InChI is InChI=1S/C23H26N4O2S/c1-15(2)13-26-19-10-6-4-8-17(19)25-23(26)30-14-22(29)27-16(3)12-21(28)24-18-9-5-7-11-20(18)27/h4-11,15-16H,12-14H2,1-3H3,(H,24,28)/t16-/m1/s1. The minimum Gasteiger partial charge on any atom is -0.324 e. The molecule has 30 heavy (non-hydrogen) atoms. The molecular formula is C23H26N4O2S. The highest BCUT2D eigenvalue weighted by Gasteiger charge is 2.29. The molecule has 1 aliphatic rings. The molecule has 1 N–H and O–H groups in total. The first-order chi connectivity index (χ1) is 14.4. The Morgan fingerprint density at radius 2 is 1.93 bits per heavy atom. The fourth-order valence-electron chi connectivity index (χ4n) is 3.87. The number of aromatic nitrogens is 2. The second kappa shape index (κ2) is 8.52. The lowest BCUT2D eigenvalue weighted by atomic mass is 10.2. The van der Waals surface area contributed by atoms with E-state index in [4.69, 9.17) is 4.98 Å². The Morgan fingerprint density at radius 3 is 2.73 bits per heavy atom. The number of amides is 2. The van der Waals surface area contributed by atoms with Crippen molar-refractivity contribution < 1.29 is 9.59 Å². The lowest BCUT2D eigenvalue weighted by Crippen LogP contribution is -2.40. The first kappa shape index (κ1) is 20.5. The number of hydrogen-bond donors (Lipinski definition) is 1. The molecule has 0 radical (unpaired) electrons. The first-order valence-electron chi connectivity index (χ1n) is 10.2. The van der Waals surface area contributed by atoms with Crippen LogP contribution in [-0.2, 0) is 16.1 Å². The molecule has 6 nitrogen and oxygen atoms in total. The van der Waals surface area contributed by atoms with Gasteiger partial charge in [-0.15, -0.1) is 0 Å². The molecule has 0 fully saturated rings. The zero-order valence-corrected chi connectivity index (χ0v) is 18.3. The first-order valence-corrected chi connectivity index (χ1v) is 11.2. The number of nitrogens with zero attached hydrogens (tertiary/aromatic N) is 3. The maximum absolute atomic E-state index is 13.3. The van der Waals surface area contributed by atoms with Crippen LogP contribution in [0, 0.1) is 5.92 Å². The third-order valence-corrected chi connectivity index (χ3v) is 6.08. The zero-order valence-electron chi connectivity index (χ0n) is 17.5. The molecule has 0 saturated carbocycles. The Bertz CT molecular complexity index is 1090. The van der Waals surface area contributed by atoms with Crippen molar-refractivity contribution in [3.05, 3.63) is 48.5 Å². The van der Waals surface area contributed by atoms with Crippen molar-refractivity contribution in [3.8, 4) is 0 Å². The Balaban J connectivity index is 1.60. The predicted molar refractivity (Wildman–Crippen MR) is 122 cm³/mol. The molecular weight excluding hydrogens is 396 g/mol. The summed E-state index contributed by atoms with van der Waals surface area (Å²) in [6.07, 6.45) is 0.275. The second-order valence-corrected chi connectivity index (χ2v) is 9.00. The fraction of sp³-hybridized carbons (Fsp3) is 0.348. The Hall–Kier alpha value is -2.80. The van der Waals surface area contributed by atoms with Gasteiger partial charge in [-0.25, -0.2) is 4.98 Å². The number of carbonyl (C=O) groups excluding carboxylic acids is 2. The number of anilines is 2. The smallest absolute Gasteiger partial charge is 0.237 e. The average molecular weight is 423 g/mol. The van der Waals surface area contributed by atoms with Gasteiger partial charge >= 0.3 is 0 Å². The van der Waals surface area contributed by atoms with E-state index >= 15 is 0 Å². The van der Waals surface area contributed by atoms with Crippen molar-refractivity contribution in [1.29, 1.82) is 0 Å². The molecule has 0 saturated heterocycles. The van der Waals surface area contributed by atoms with Gasteiger partial charge in [0.25, 0.3) is 0 Å². The van der Waals surface area contributed by atoms with E-state index in [1.165, 1.54) is 11.8 Å². The van der Waals surface area contributed by atoms with E-state index in [1.54, 1.807) is 4.90 Å². The van der Waals surface area contributed by atoms with E-state index in [9.17, 15) is 9.59 Å². The number of carbonyl (C=O) groups is 2. The highest BCUT2D eigenvalue weighted by atomic mass is 32.2. The quantitative estimate of drug-likeness (QED) is 0.613. The van der Waals surface area contributed by atoms with Gasteiger partial charge in [0.1, 0.15) is 0 Å². The van der Waals surface area contributed by atoms with Crippen molar-refractivity contribution in [3.63, 3.8) is 0 Å². The molecule has 7 heteroatoms. The molecule has 0 aliphatic carbocycles. The van der Waals surface area contributed by atoms with Crippen LogP contribution < -0.4 is 10.2 Å². The number of imidazole rings is 1. The highest BCUT2D eigenvalue weighted by Crippen LogP contribution is 2.33. The topological polar surface area (TPSA) is 67.2 Å². The van der Waals surface area contributed by atoms with Gasteiger partial charge in [-0.05, 0) is 37.1 Å². The predicted octanol–water partition coefficient (Wildman–Crippen LogP) is 4.55. The fourth-order valence-corrected chi connectivity index (χ4v) is 4.75. The third-order valence-electron chi connectivity index (χ3n) is 5.12. The molecule has 0 spiro atoms. The summed E-state index contributed by atoms with van der Waals surface area (Å²) in [6, 6.07) is 15.3.